The number of H-pyrrole nitrogens is 5. The summed E-state index contributed by atoms with van der Waals surface area (Å²) in [5, 5.41) is 119. The molecule has 0 saturated carbocycles. The number of aliphatic hydroxyl groups is 9. The Morgan fingerprint density at radius 1 is 0.260 bits per heavy atom. The number of nitrogens with zero attached hydrogens (tertiary/aromatic N) is 5. The van der Waals surface area contributed by atoms with E-state index in [0.29, 0.717) is 136 Å². The minimum atomic E-state index is -0.595. The van der Waals surface area contributed by atoms with Crippen molar-refractivity contribution in [2.45, 2.75) is 121 Å². The zero-order chi connectivity index (χ0) is 108. The lowest BCUT2D eigenvalue weighted by Gasteiger charge is -2.16. The number of aromatic nitrogens is 10. The molecule has 10 atom stereocenters. The van der Waals surface area contributed by atoms with Gasteiger partial charge in [-0.05, 0) is 165 Å². The Labute approximate surface area is 906 Å². The number of amides is 5. The van der Waals surface area contributed by atoms with Crippen LogP contribution < -0.4 is 53.2 Å². The van der Waals surface area contributed by atoms with Crippen LogP contribution in [0.1, 0.15) is 171 Å². The van der Waals surface area contributed by atoms with Crippen molar-refractivity contribution in [2.75, 3.05) is 86.0 Å². The van der Waals surface area contributed by atoms with E-state index in [1.807, 2.05) is 94.4 Å². The normalized spacial score (nSPS) is 13.0. The first-order valence-electron chi connectivity index (χ1n) is 47.8. The second-order valence-electron chi connectivity index (χ2n) is 34.6. The number of carbonyl (C=O) groups is 5. The van der Waals surface area contributed by atoms with E-state index < -0.39 is 30.2 Å². The SMILES string of the molecule is CC[C@@H](CO)Nc1cc(-c2c[nH]c(C(=O)N[C@H](CO)c3cccc(Cl)c3)c2)c(Cl)cn1.CC[C@@H](CO)Nc1cc(-c2c[nH]c(C(=O)N[C@H](CO)c3ccccc3)c2)c(Cl)cn1.CC[C@H](C)Nc1cc(-c2c[nH]c(C(=O)N[C@H](CO)c3cccc(Cl)c3)c2)c(Cl)cn1.C[C@@H](CO)Nc1cc(-c2c[nH]c(C(=O)N[C@H](CO)c3cccc(Cl)c3)c2)c(Cl)cn1.C[C@@H](CO)Nc1cc(-c2c[nH]c(C(=O)N[C@H](CO)c3ccccc3)c2)c(Cl)cn1. The highest BCUT2D eigenvalue weighted by Gasteiger charge is 2.27. The molecule has 15 aromatic rings. The molecule has 0 bridgehead atoms. The van der Waals surface area contributed by atoms with Crippen LogP contribution in [0.25, 0.3) is 55.6 Å². The van der Waals surface area contributed by atoms with Crippen LogP contribution in [0.3, 0.4) is 0 Å². The third-order valence-electron chi connectivity index (χ3n) is 23.5. The molecule has 0 spiro atoms. The van der Waals surface area contributed by atoms with E-state index >= 15 is 0 Å². The van der Waals surface area contributed by atoms with Crippen molar-refractivity contribution in [3.63, 3.8) is 0 Å². The molecule has 0 unspecified atom stereocenters. The second-order valence-corrected chi connectivity index (χ2v) is 37.9. The van der Waals surface area contributed by atoms with Crippen molar-refractivity contribution in [3.8, 4) is 55.6 Å². The van der Waals surface area contributed by atoms with Gasteiger partial charge in [0.05, 0.1) is 127 Å². The van der Waals surface area contributed by atoms with Gasteiger partial charge in [0.25, 0.3) is 29.5 Å². The summed E-state index contributed by atoms with van der Waals surface area (Å²) in [5.74, 6) is 1.25. The van der Waals surface area contributed by atoms with Crippen LogP contribution in [0.4, 0.5) is 29.1 Å². The number of aliphatic hydroxyl groups excluding tert-OH is 9. The monoisotopic (exact) mass is 2200 g/mol. The van der Waals surface area contributed by atoms with E-state index in [-0.39, 0.29) is 119 Å². The number of hydrogen-bond acceptors (Lipinski definition) is 24. The molecule has 10 heterocycles. The molecule has 0 fully saturated rings. The summed E-state index contributed by atoms with van der Waals surface area (Å²) in [4.78, 5) is 99.4. The molecule has 150 heavy (non-hydrogen) atoms. The first kappa shape index (κ1) is 117. The summed E-state index contributed by atoms with van der Waals surface area (Å²) >= 11 is 49.6. The number of hydrogen-bond donors (Lipinski definition) is 24. The van der Waals surface area contributed by atoms with Crippen LogP contribution in [-0.4, -0.2) is 215 Å². The minimum Gasteiger partial charge on any atom is -0.394 e. The minimum absolute atomic E-state index is 0.00193. The van der Waals surface area contributed by atoms with Gasteiger partial charge in [-0.2, -0.15) is 0 Å². The lowest BCUT2D eigenvalue weighted by atomic mass is 10.1. The highest BCUT2D eigenvalue weighted by Crippen LogP contribution is 2.38. The fourth-order valence-corrected chi connectivity index (χ4v) is 16.6. The predicted molar refractivity (Wildman–Crippen MR) is 592 cm³/mol. The molecule has 790 valence electrons. The first-order chi connectivity index (χ1) is 72.3. The molecular formula is C108H118Cl8N20O14. The quantitative estimate of drug-likeness (QED) is 0.0169. The Morgan fingerprint density at radius 3 is 0.687 bits per heavy atom. The number of carbonyl (C=O) groups excluding carboxylic acids is 5. The van der Waals surface area contributed by atoms with Crippen LogP contribution in [0.2, 0.25) is 40.2 Å². The molecule has 42 heteroatoms. The first-order valence-corrected chi connectivity index (χ1v) is 50.8. The number of aromatic amines is 5. The van der Waals surface area contributed by atoms with Gasteiger partial charge in [0.2, 0.25) is 0 Å². The van der Waals surface area contributed by atoms with Crippen molar-refractivity contribution in [2.24, 2.45) is 0 Å². The highest BCUT2D eigenvalue weighted by molar-refractivity contribution is 6.35. The Hall–Kier alpha value is -13.4. The fraction of sp³-hybridized carbons (Fsp3) is 0.259. The number of nitrogens with one attached hydrogen (secondary N) is 15. The maximum absolute atomic E-state index is 12.7. The van der Waals surface area contributed by atoms with Crippen LogP contribution >= 0.6 is 92.8 Å². The van der Waals surface area contributed by atoms with Crippen LogP contribution in [0, 0.1) is 0 Å². The van der Waals surface area contributed by atoms with Gasteiger partial charge < -0.3 is 124 Å². The van der Waals surface area contributed by atoms with Gasteiger partial charge in [0.1, 0.15) is 57.6 Å². The van der Waals surface area contributed by atoms with Crippen molar-refractivity contribution in [1.29, 1.82) is 0 Å². The molecule has 24 N–H and O–H groups in total. The number of benzene rings is 5. The van der Waals surface area contributed by atoms with Crippen molar-refractivity contribution in [3.05, 3.63) is 353 Å². The maximum Gasteiger partial charge on any atom is 0.268 e. The number of pyridine rings is 5. The van der Waals surface area contributed by atoms with Crippen LogP contribution in [-0.2, 0) is 0 Å². The van der Waals surface area contributed by atoms with E-state index in [4.69, 9.17) is 92.8 Å². The Morgan fingerprint density at radius 2 is 0.480 bits per heavy atom. The summed E-state index contributed by atoms with van der Waals surface area (Å²) < 4.78 is 0. The van der Waals surface area contributed by atoms with E-state index in [2.05, 4.69) is 117 Å². The summed E-state index contributed by atoms with van der Waals surface area (Å²) in [6.07, 6.45) is 18.6. The van der Waals surface area contributed by atoms with Gasteiger partial charge in [-0.3, -0.25) is 24.0 Å². The molecule has 5 amide bonds. The Balaban J connectivity index is 0.000000178. The Kier molecular flexibility index (Phi) is 45.7. The molecule has 0 radical (unpaired) electrons. The summed E-state index contributed by atoms with van der Waals surface area (Å²) in [5.41, 5.74) is 12.6. The van der Waals surface area contributed by atoms with E-state index in [9.17, 15) is 69.9 Å². The summed E-state index contributed by atoms with van der Waals surface area (Å²) in [6.45, 7) is 10.5. The molecule has 15 rings (SSSR count). The lowest BCUT2D eigenvalue weighted by Crippen LogP contribution is -2.31. The molecule has 0 saturated heterocycles. The second kappa shape index (κ2) is 58.7. The van der Waals surface area contributed by atoms with Crippen LogP contribution in [0.15, 0.2) is 256 Å². The fourth-order valence-electron chi connectivity index (χ4n) is 14.9. The molecule has 10 aromatic heterocycles. The number of anilines is 5. The number of rotatable bonds is 42. The standard InChI is InChI=1S/C22H24Cl2N4O3.C22H24Cl2N4O2.C22H25ClN4O3.C21H22Cl2N4O3.C21H23ClN4O3/c1-2-16(11-29)27-21-8-17(18(24)10-26-21)14-7-19(25-9-14)22(31)28-20(12-30)13-4-3-5-15(23)6-13;1-3-13(2)27-21-9-17(18(24)11-26-21)15-8-19(25-10-15)22(30)28-20(12-29)14-5-4-6-16(23)7-14;1-2-16(12-28)26-21-9-17(18(23)11-25-21)15-8-19(24-10-15)22(30)27-20(13-29)14-6-4-3-5-7-14;1-12(10-28)26-20-7-16(17(23)9-25-20)14-6-18(24-8-14)21(30)27-19(11-29)13-3-2-4-15(22)5-13;1-13(11-27)25-20-8-16(17(22)10-24-20)15-7-18(23-9-15)21(29)26-19(12-28)14-5-3-2-4-6-14/h3-10,16,20,25,29-30H,2,11-12H2,1H3,(H,26,27)(H,28,31);4-11,13,20,25,29H,3,12H2,1-2H3,(H,26,27)(H,28,30);3-11,16,20,24,28-29H,2,12-13H2,1H3,(H,25,26)(H,27,30);2-9,12,19,24,28-29H,10-11H2,1H3,(H,25,26)(H,27,30);2-10,13,19,23,27-28H,11-12H2,1H3,(H,24,25)(H,26,29)/t16-,20+;13-,20+;16-,20+;12-,19+;13-,19+/m00000/s1. The van der Waals surface area contributed by atoms with E-state index in [1.54, 1.807) is 165 Å². The molecule has 0 aliphatic carbocycles. The van der Waals surface area contributed by atoms with Crippen molar-refractivity contribution < 1.29 is 69.9 Å². The van der Waals surface area contributed by atoms with E-state index in [1.165, 1.54) is 24.8 Å². The summed E-state index contributed by atoms with van der Waals surface area (Å²) in [7, 11) is 0. The van der Waals surface area contributed by atoms with E-state index in [0.717, 1.165) is 64.0 Å². The predicted octanol–water partition coefficient (Wildman–Crippen LogP) is 19.1. The largest absolute Gasteiger partial charge is 0.394 e. The van der Waals surface area contributed by atoms with Crippen LogP contribution in [0.5, 0.6) is 0 Å². The van der Waals surface area contributed by atoms with Gasteiger partial charge in [0.15, 0.2) is 0 Å². The highest BCUT2D eigenvalue weighted by atomic mass is 35.5. The number of halogens is 8. The van der Waals surface area contributed by atoms with Gasteiger partial charge >= 0.3 is 0 Å². The van der Waals surface area contributed by atoms with Gasteiger partial charge in [-0.15, -0.1) is 0 Å². The van der Waals surface area contributed by atoms with Gasteiger partial charge in [-0.1, -0.05) is 211 Å². The average Bonchev–Trinajstić information content (AvgIpc) is 1.68. The maximum atomic E-state index is 12.7. The Bertz CT molecular complexity index is 6730. The zero-order valence-electron chi connectivity index (χ0n) is 82.3. The summed E-state index contributed by atoms with van der Waals surface area (Å²) in [6, 6.07) is 53.9. The molecule has 5 aromatic carbocycles. The molecule has 0 aliphatic heterocycles. The molecule has 0 aliphatic rings. The zero-order valence-corrected chi connectivity index (χ0v) is 88.4. The lowest BCUT2D eigenvalue weighted by molar-refractivity contribution is 0.0905. The van der Waals surface area contributed by atoms with Gasteiger partial charge in [-0.25, -0.2) is 24.9 Å². The molecule has 34 nitrogen and oxygen atoms in total. The van der Waals surface area contributed by atoms with Crippen molar-refractivity contribution in [1.82, 2.24) is 76.4 Å². The third kappa shape index (κ3) is 33.8. The topological polar surface area (TPSA) is 531 Å². The molecular weight excluding hydrogens is 2080 g/mol. The third-order valence-corrected chi connectivity index (χ3v) is 25.8. The van der Waals surface area contributed by atoms with Crippen molar-refractivity contribution >= 4 is 151 Å². The smallest absolute Gasteiger partial charge is 0.268 e. The van der Waals surface area contributed by atoms with Gasteiger partial charge in [0, 0.05) is 151 Å². The average molecular weight is 2200 g/mol.